The van der Waals surface area contributed by atoms with Crippen LogP contribution in [0.4, 0.5) is 0 Å². The molecule has 116 valence electrons. The maximum absolute atomic E-state index is 12.6. The van der Waals surface area contributed by atoms with Crippen molar-refractivity contribution in [1.82, 2.24) is 20.2 Å². The van der Waals surface area contributed by atoms with Gasteiger partial charge in [0.2, 0.25) is 11.6 Å². The molecule has 0 saturated carbocycles. The lowest BCUT2D eigenvalue weighted by molar-refractivity contribution is -0.120. The van der Waals surface area contributed by atoms with Gasteiger partial charge in [-0.2, -0.15) is 0 Å². The second-order valence-corrected chi connectivity index (χ2v) is 5.15. The summed E-state index contributed by atoms with van der Waals surface area (Å²) in [5.74, 6) is -0.755. The predicted octanol–water partition coefficient (Wildman–Crippen LogP) is -1.45. The number of hydrogen-bond acceptors (Lipinski definition) is 8. The number of aliphatic hydroxyl groups excluding tert-OH is 2. The Labute approximate surface area is 122 Å². The number of carbonyl (C=O) groups is 2. The van der Waals surface area contributed by atoms with E-state index in [0.29, 0.717) is 6.67 Å². The van der Waals surface area contributed by atoms with Gasteiger partial charge in [-0.25, -0.2) is 5.43 Å². The molecular formula is C13H20N4O4. The maximum atomic E-state index is 12.6. The average Bonchev–Trinajstić information content (AvgIpc) is 3.22. The van der Waals surface area contributed by atoms with Crippen LogP contribution >= 0.6 is 0 Å². The summed E-state index contributed by atoms with van der Waals surface area (Å²) < 4.78 is 0. The highest BCUT2D eigenvalue weighted by molar-refractivity contribution is 6.22. The van der Waals surface area contributed by atoms with Crippen LogP contribution in [0, 0.1) is 0 Å². The van der Waals surface area contributed by atoms with E-state index >= 15 is 0 Å². The fourth-order valence-corrected chi connectivity index (χ4v) is 2.04. The maximum Gasteiger partial charge on any atom is 0.228 e. The van der Waals surface area contributed by atoms with E-state index in [1.165, 1.54) is 34.7 Å². The van der Waals surface area contributed by atoms with Crippen molar-refractivity contribution in [1.29, 1.82) is 0 Å². The van der Waals surface area contributed by atoms with Gasteiger partial charge in [0.25, 0.3) is 0 Å². The zero-order chi connectivity index (χ0) is 15.9. The summed E-state index contributed by atoms with van der Waals surface area (Å²) in [5, 5.41) is 20.8. The molecule has 0 aromatic carbocycles. The molecule has 0 aromatic heterocycles. The molecule has 2 rings (SSSR count). The van der Waals surface area contributed by atoms with Crippen molar-refractivity contribution in [2.75, 3.05) is 20.8 Å². The highest BCUT2D eigenvalue weighted by atomic mass is 16.3. The Morgan fingerprint density at radius 2 is 1.71 bits per heavy atom. The molecule has 0 spiro atoms. The molecule has 1 heterocycles. The molecule has 0 bridgehead atoms. The Kier molecular flexibility index (Phi) is 4.04. The number of ketones is 2. The Morgan fingerprint density at radius 1 is 1.19 bits per heavy atom. The van der Waals surface area contributed by atoms with Crippen molar-refractivity contribution in [2.45, 2.75) is 26.3 Å². The molecule has 0 radical (unpaired) electrons. The number of carbonyl (C=O) groups excluding carboxylic acids is 2. The number of hydrogen-bond donors (Lipinski definition) is 3. The molecule has 1 fully saturated rings. The highest BCUT2D eigenvalue weighted by Gasteiger charge is 2.40. The van der Waals surface area contributed by atoms with Gasteiger partial charge in [0.1, 0.15) is 30.5 Å². The number of nitrogens with zero attached hydrogens (tertiary/aromatic N) is 3. The zero-order valence-electron chi connectivity index (χ0n) is 12.5. The zero-order valence-corrected chi connectivity index (χ0v) is 12.5. The third-order valence-corrected chi connectivity index (χ3v) is 3.61. The van der Waals surface area contributed by atoms with Crippen molar-refractivity contribution in [3.63, 3.8) is 0 Å². The number of nitrogens with one attached hydrogen (secondary N) is 1. The third kappa shape index (κ3) is 2.78. The first kappa shape index (κ1) is 15.5. The van der Waals surface area contributed by atoms with Crippen molar-refractivity contribution in [2.24, 2.45) is 0 Å². The average molecular weight is 296 g/mol. The van der Waals surface area contributed by atoms with Crippen molar-refractivity contribution in [3.8, 4) is 0 Å². The largest absolute Gasteiger partial charge is 0.374 e. The molecule has 21 heavy (non-hydrogen) atoms. The van der Waals surface area contributed by atoms with Gasteiger partial charge in [-0.1, -0.05) is 0 Å². The molecule has 8 nitrogen and oxygen atoms in total. The fourth-order valence-electron chi connectivity index (χ4n) is 2.04. The Hall–Kier alpha value is -1.90. The lowest BCUT2D eigenvalue weighted by atomic mass is 10.0. The van der Waals surface area contributed by atoms with E-state index in [-0.39, 0.29) is 28.7 Å². The number of allylic oxidation sites excluding steroid dienone is 1. The topological polar surface area (TPSA) is 106 Å². The molecule has 2 atom stereocenters. The van der Waals surface area contributed by atoms with Gasteiger partial charge in [0.15, 0.2) is 0 Å². The molecule has 1 aliphatic heterocycles. The van der Waals surface area contributed by atoms with E-state index in [4.69, 9.17) is 0 Å². The fraction of sp³-hybridized carbons (Fsp3) is 0.538. The first-order valence-corrected chi connectivity index (χ1v) is 6.63. The molecule has 1 saturated heterocycles. The van der Waals surface area contributed by atoms with Crippen LogP contribution in [-0.4, -0.2) is 69.8 Å². The Morgan fingerprint density at radius 3 is 2.14 bits per heavy atom. The van der Waals surface area contributed by atoms with Gasteiger partial charge in [-0.3, -0.25) is 14.6 Å². The Balaban J connectivity index is 2.45. The van der Waals surface area contributed by atoms with Gasteiger partial charge >= 0.3 is 0 Å². The smallest absolute Gasteiger partial charge is 0.228 e. The van der Waals surface area contributed by atoms with Crippen molar-refractivity contribution < 1.29 is 19.8 Å². The molecule has 0 amide bonds. The van der Waals surface area contributed by atoms with E-state index in [2.05, 4.69) is 5.43 Å². The number of Topliss-reactive ketones (excluding diaryl/α,β-unsaturated/α-hetero) is 1. The summed E-state index contributed by atoms with van der Waals surface area (Å²) in [4.78, 5) is 27.7. The lowest BCUT2D eigenvalue weighted by Crippen LogP contribution is -2.41. The second-order valence-electron chi connectivity index (χ2n) is 5.15. The van der Waals surface area contributed by atoms with E-state index in [9.17, 15) is 19.8 Å². The molecule has 2 aliphatic rings. The minimum atomic E-state index is -0.906. The normalized spacial score (nSPS) is 21.2. The van der Waals surface area contributed by atoms with Crippen LogP contribution in [-0.2, 0) is 9.59 Å². The van der Waals surface area contributed by atoms with Crippen molar-refractivity contribution in [3.05, 3.63) is 23.2 Å². The number of likely N-dealkylation sites (N-methyl/N-ethyl adjacent to an activating group) is 2. The summed E-state index contributed by atoms with van der Waals surface area (Å²) in [5.41, 5.74) is 3.31. The minimum absolute atomic E-state index is 0.126. The predicted molar refractivity (Wildman–Crippen MR) is 73.9 cm³/mol. The SMILES string of the molecule is CC(O)N(C)C1=CC(=O)C(N(C)C(C)O)=C(N2CN2)C1=O. The highest BCUT2D eigenvalue weighted by Crippen LogP contribution is 2.28. The lowest BCUT2D eigenvalue weighted by Gasteiger charge is -2.32. The van der Waals surface area contributed by atoms with Gasteiger partial charge in [0, 0.05) is 20.2 Å². The summed E-state index contributed by atoms with van der Waals surface area (Å²) >= 11 is 0. The summed E-state index contributed by atoms with van der Waals surface area (Å²) in [6.07, 6.45) is -0.611. The first-order valence-electron chi connectivity index (χ1n) is 6.63. The summed E-state index contributed by atoms with van der Waals surface area (Å²) in [6.45, 7) is 3.48. The van der Waals surface area contributed by atoms with Crippen LogP contribution in [0.1, 0.15) is 13.8 Å². The molecule has 2 unspecified atom stereocenters. The number of aliphatic hydroxyl groups is 2. The van der Waals surface area contributed by atoms with Crippen LogP contribution in [0.3, 0.4) is 0 Å². The molecule has 0 aromatic rings. The molecule has 1 aliphatic carbocycles. The van der Waals surface area contributed by atoms with E-state index in [1.807, 2.05) is 0 Å². The Bertz CT molecular complexity index is 534. The van der Waals surface area contributed by atoms with Gasteiger partial charge in [-0.15, -0.1) is 0 Å². The van der Waals surface area contributed by atoms with Gasteiger partial charge in [-0.05, 0) is 13.8 Å². The first-order chi connectivity index (χ1) is 9.75. The van der Waals surface area contributed by atoms with E-state index < -0.39 is 12.5 Å². The third-order valence-electron chi connectivity index (χ3n) is 3.61. The quantitative estimate of drug-likeness (QED) is 0.321. The van der Waals surface area contributed by atoms with Crippen LogP contribution in [0.5, 0.6) is 0 Å². The second kappa shape index (κ2) is 5.47. The summed E-state index contributed by atoms with van der Waals surface area (Å²) in [6, 6.07) is 0. The minimum Gasteiger partial charge on any atom is -0.374 e. The number of hydrazine groups is 1. The van der Waals surface area contributed by atoms with Gasteiger partial charge in [0.05, 0.1) is 5.70 Å². The van der Waals surface area contributed by atoms with Crippen LogP contribution in [0.2, 0.25) is 0 Å². The monoisotopic (exact) mass is 296 g/mol. The van der Waals surface area contributed by atoms with Crippen LogP contribution in [0.25, 0.3) is 0 Å². The van der Waals surface area contributed by atoms with Crippen LogP contribution in [0.15, 0.2) is 23.2 Å². The number of rotatable bonds is 5. The van der Waals surface area contributed by atoms with Gasteiger partial charge < -0.3 is 20.0 Å². The molecule has 3 N–H and O–H groups in total. The molecular weight excluding hydrogens is 276 g/mol. The van der Waals surface area contributed by atoms with Crippen molar-refractivity contribution >= 4 is 11.6 Å². The molecule has 8 heteroatoms. The van der Waals surface area contributed by atoms with E-state index in [0.717, 1.165) is 0 Å². The van der Waals surface area contributed by atoms with E-state index in [1.54, 1.807) is 14.1 Å². The summed E-state index contributed by atoms with van der Waals surface area (Å²) in [7, 11) is 3.09. The standard InChI is InChI=1S/C13H20N4O4/c1-7(18)15(3)9-5-10(20)11(16(4)8(2)19)12(13(9)21)17-6-14-17/h5,7-8,14,18-19H,6H2,1-4H3. The van der Waals surface area contributed by atoms with Crippen LogP contribution < -0.4 is 5.43 Å².